The monoisotopic (exact) mass is 298 g/mol. The summed E-state index contributed by atoms with van der Waals surface area (Å²) in [6, 6.07) is 1.75. The number of nitrogens with one attached hydrogen (secondary N) is 2. The Kier molecular flexibility index (Phi) is 4.24. The van der Waals surface area contributed by atoms with E-state index in [4.69, 9.17) is 4.52 Å². The van der Waals surface area contributed by atoms with Crippen LogP contribution in [0, 0.1) is 0 Å². The van der Waals surface area contributed by atoms with Gasteiger partial charge >= 0.3 is 0 Å². The average molecular weight is 298 g/mol. The highest BCUT2D eigenvalue weighted by Gasteiger charge is 2.17. The Morgan fingerprint density at radius 1 is 1.45 bits per heavy atom. The Labute approximate surface area is 117 Å². The molecule has 0 bridgehead atoms. The van der Waals surface area contributed by atoms with Gasteiger partial charge in [0.15, 0.2) is 5.03 Å². The number of hydrogen-bond donors (Lipinski definition) is 2. The van der Waals surface area contributed by atoms with Crippen LogP contribution in [0.1, 0.15) is 44.0 Å². The second-order valence-electron chi connectivity index (χ2n) is 4.75. The smallest absolute Gasteiger partial charge is 0.257 e. The van der Waals surface area contributed by atoms with Crippen molar-refractivity contribution in [2.75, 3.05) is 0 Å². The molecule has 0 fully saturated rings. The minimum absolute atomic E-state index is 0.0573. The molecule has 0 aromatic carbocycles. The number of nitrogens with zero attached hydrogens (tertiary/aromatic N) is 2. The first-order valence-corrected chi connectivity index (χ1v) is 7.89. The van der Waals surface area contributed by atoms with E-state index in [1.165, 1.54) is 6.20 Å². The molecule has 0 saturated carbocycles. The Morgan fingerprint density at radius 2 is 2.20 bits per heavy atom. The number of aromatic nitrogens is 3. The van der Waals surface area contributed by atoms with Crippen molar-refractivity contribution in [1.29, 1.82) is 0 Å². The molecule has 8 heteroatoms. The summed E-state index contributed by atoms with van der Waals surface area (Å²) in [6.45, 7) is 5.93. The molecule has 2 rings (SSSR count). The lowest BCUT2D eigenvalue weighted by atomic mass is 10.1. The van der Waals surface area contributed by atoms with E-state index in [-0.39, 0.29) is 17.5 Å². The van der Waals surface area contributed by atoms with Gasteiger partial charge in [0.1, 0.15) is 11.6 Å². The minimum Gasteiger partial charge on any atom is -0.361 e. The average Bonchev–Trinajstić information content (AvgIpc) is 3.05. The summed E-state index contributed by atoms with van der Waals surface area (Å²) in [5.41, 5.74) is 0.549. The van der Waals surface area contributed by atoms with Gasteiger partial charge < -0.3 is 9.51 Å². The van der Waals surface area contributed by atoms with E-state index in [1.807, 2.05) is 20.8 Å². The Hall–Kier alpha value is -1.67. The quantitative estimate of drug-likeness (QED) is 0.843. The number of imidazole rings is 1. The molecule has 2 N–H and O–H groups in total. The second-order valence-corrected chi connectivity index (χ2v) is 6.48. The summed E-state index contributed by atoms with van der Waals surface area (Å²) in [5, 5.41) is 3.89. The summed E-state index contributed by atoms with van der Waals surface area (Å²) in [5.74, 6) is 1.58. The number of aromatic amines is 1. The van der Waals surface area contributed by atoms with Gasteiger partial charge in [0.25, 0.3) is 10.0 Å². The van der Waals surface area contributed by atoms with Crippen LogP contribution < -0.4 is 4.72 Å². The first-order chi connectivity index (χ1) is 9.42. The molecule has 0 amide bonds. The fourth-order valence-electron chi connectivity index (χ4n) is 1.59. The molecule has 110 valence electrons. The van der Waals surface area contributed by atoms with Crippen molar-refractivity contribution in [2.45, 2.75) is 44.7 Å². The molecule has 0 radical (unpaired) electrons. The van der Waals surface area contributed by atoms with E-state index >= 15 is 0 Å². The zero-order valence-corrected chi connectivity index (χ0v) is 12.5. The number of sulfonamides is 1. The summed E-state index contributed by atoms with van der Waals surface area (Å²) in [7, 11) is -3.61. The van der Waals surface area contributed by atoms with Crippen LogP contribution in [0.3, 0.4) is 0 Å². The van der Waals surface area contributed by atoms with Crippen molar-refractivity contribution in [3.8, 4) is 0 Å². The minimum atomic E-state index is -3.61. The fraction of sp³-hybridized carbons (Fsp3) is 0.500. The SMILES string of the molecule is CCc1ncc(S(=O)(=O)NCc2cc(C(C)C)on2)[nH]1. The van der Waals surface area contributed by atoms with Crippen LogP contribution in [-0.4, -0.2) is 23.5 Å². The van der Waals surface area contributed by atoms with E-state index in [0.717, 1.165) is 5.76 Å². The topological polar surface area (TPSA) is 101 Å². The zero-order valence-electron chi connectivity index (χ0n) is 11.7. The van der Waals surface area contributed by atoms with Crippen LogP contribution in [-0.2, 0) is 23.0 Å². The van der Waals surface area contributed by atoms with Crippen LogP contribution >= 0.6 is 0 Å². The van der Waals surface area contributed by atoms with Gasteiger partial charge in [-0.1, -0.05) is 25.9 Å². The molecule has 0 spiro atoms. The van der Waals surface area contributed by atoms with Gasteiger partial charge in [-0.25, -0.2) is 18.1 Å². The summed E-state index contributed by atoms with van der Waals surface area (Å²) in [6.07, 6.45) is 1.96. The van der Waals surface area contributed by atoms with E-state index in [2.05, 4.69) is 19.8 Å². The summed E-state index contributed by atoms with van der Waals surface area (Å²) >= 11 is 0. The number of aryl methyl sites for hydroxylation is 1. The molecule has 0 aliphatic rings. The third kappa shape index (κ3) is 3.26. The van der Waals surface area contributed by atoms with Crippen LogP contribution in [0.25, 0.3) is 0 Å². The van der Waals surface area contributed by atoms with Crippen molar-refractivity contribution in [1.82, 2.24) is 19.8 Å². The second kappa shape index (κ2) is 5.76. The third-order valence-corrected chi connectivity index (χ3v) is 4.13. The van der Waals surface area contributed by atoms with Crippen molar-refractivity contribution < 1.29 is 12.9 Å². The van der Waals surface area contributed by atoms with E-state index < -0.39 is 10.0 Å². The Morgan fingerprint density at radius 3 is 2.75 bits per heavy atom. The number of H-pyrrole nitrogens is 1. The van der Waals surface area contributed by atoms with Crippen LogP contribution in [0.5, 0.6) is 0 Å². The highest BCUT2D eigenvalue weighted by molar-refractivity contribution is 7.89. The van der Waals surface area contributed by atoms with Gasteiger partial charge in [-0.15, -0.1) is 0 Å². The van der Waals surface area contributed by atoms with E-state index in [9.17, 15) is 8.42 Å². The predicted molar refractivity (Wildman–Crippen MR) is 72.6 cm³/mol. The molecule has 0 aliphatic heterocycles. The molecule has 2 heterocycles. The highest BCUT2D eigenvalue weighted by Crippen LogP contribution is 2.15. The lowest BCUT2D eigenvalue weighted by molar-refractivity contribution is 0.365. The maximum atomic E-state index is 12.0. The highest BCUT2D eigenvalue weighted by atomic mass is 32.2. The summed E-state index contributed by atoms with van der Waals surface area (Å²) in [4.78, 5) is 6.73. The zero-order chi connectivity index (χ0) is 14.8. The fourth-order valence-corrected chi connectivity index (χ4v) is 2.53. The molecule has 20 heavy (non-hydrogen) atoms. The molecule has 0 atom stereocenters. The van der Waals surface area contributed by atoms with Gasteiger partial charge in [0.2, 0.25) is 0 Å². The maximum absolute atomic E-state index is 12.0. The van der Waals surface area contributed by atoms with Crippen molar-refractivity contribution >= 4 is 10.0 Å². The van der Waals surface area contributed by atoms with Crippen LogP contribution in [0.4, 0.5) is 0 Å². The lowest BCUT2D eigenvalue weighted by Gasteiger charge is -2.01. The van der Waals surface area contributed by atoms with Crippen molar-refractivity contribution in [2.24, 2.45) is 0 Å². The number of hydrogen-bond acceptors (Lipinski definition) is 5. The molecular weight excluding hydrogens is 280 g/mol. The van der Waals surface area contributed by atoms with E-state index in [1.54, 1.807) is 6.07 Å². The molecule has 0 aliphatic carbocycles. The van der Waals surface area contributed by atoms with E-state index in [0.29, 0.717) is 17.9 Å². The van der Waals surface area contributed by atoms with Gasteiger partial charge in [0.05, 0.1) is 18.4 Å². The third-order valence-electron chi connectivity index (χ3n) is 2.82. The van der Waals surface area contributed by atoms with Crippen molar-refractivity contribution in [3.63, 3.8) is 0 Å². The van der Waals surface area contributed by atoms with Gasteiger partial charge in [0, 0.05) is 18.4 Å². The molecule has 2 aromatic rings. The van der Waals surface area contributed by atoms with Crippen LogP contribution in [0.15, 0.2) is 21.8 Å². The lowest BCUT2D eigenvalue weighted by Crippen LogP contribution is -2.23. The molecule has 0 saturated heterocycles. The normalized spacial score (nSPS) is 12.2. The van der Waals surface area contributed by atoms with Gasteiger partial charge in [-0.3, -0.25) is 0 Å². The molecule has 7 nitrogen and oxygen atoms in total. The largest absolute Gasteiger partial charge is 0.361 e. The van der Waals surface area contributed by atoms with Crippen LogP contribution in [0.2, 0.25) is 0 Å². The first-order valence-electron chi connectivity index (χ1n) is 6.41. The molecule has 0 unspecified atom stereocenters. The summed E-state index contributed by atoms with van der Waals surface area (Å²) < 4.78 is 31.6. The first kappa shape index (κ1) is 14.7. The Balaban J connectivity index is 2.04. The van der Waals surface area contributed by atoms with Gasteiger partial charge in [-0.2, -0.15) is 0 Å². The number of rotatable bonds is 6. The van der Waals surface area contributed by atoms with Gasteiger partial charge in [-0.05, 0) is 0 Å². The molecular formula is C12H18N4O3S. The maximum Gasteiger partial charge on any atom is 0.257 e. The predicted octanol–water partition coefficient (Wildman–Crippen LogP) is 1.56. The molecule has 2 aromatic heterocycles. The Bertz CT molecular complexity index is 672. The standard InChI is InChI=1S/C12H18N4O3S/c1-4-11-13-7-12(15-11)20(17,18)14-6-9-5-10(8(2)3)19-16-9/h5,7-8,14H,4,6H2,1-3H3,(H,13,15). The van der Waals surface area contributed by atoms with Crippen molar-refractivity contribution in [3.05, 3.63) is 29.5 Å².